The van der Waals surface area contributed by atoms with Gasteiger partial charge in [-0.05, 0) is 55.7 Å². The van der Waals surface area contributed by atoms with Crippen LogP contribution in [0.4, 0.5) is 5.69 Å². The van der Waals surface area contributed by atoms with Crippen LogP contribution in [0.2, 0.25) is 0 Å². The third kappa shape index (κ3) is 4.96. The van der Waals surface area contributed by atoms with Gasteiger partial charge in [0, 0.05) is 25.6 Å². The average molecular weight is 474 g/mol. The number of methoxy groups -OCH3 is 1. The summed E-state index contributed by atoms with van der Waals surface area (Å²) in [4.78, 5) is 24.5. The van der Waals surface area contributed by atoms with E-state index in [1.807, 2.05) is 24.3 Å². The molecule has 4 rings (SSSR count). The van der Waals surface area contributed by atoms with Gasteiger partial charge in [0.15, 0.2) is 6.10 Å². The van der Waals surface area contributed by atoms with Crippen molar-refractivity contribution in [2.45, 2.75) is 37.3 Å². The predicted molar refractivity (Wildman–Crippen MR) is 121 cm³/mol. The minimum absolute atomic E-state index is 0.0781. The van der Waals surface area contributed by atoms with Gasteiger partial charge >= 0.3 is 0 Å². The monoisotopic (exact) mass is 473 g/mol. The van der Waals surface area contributed by atoms with Crippen molar-refractivity contribution in [1.29, 1.82) is 0 Å². The number of hydrogen-bond acceptors (Lipinski definition) is 6. The van der Waals surface area contributed by atoms with Crippen molar-refractivity contribution in [3.63, 3.8) is 0 Å². The van der Waals surface area contributed by atoms with E-state index in [1.54, 1.807) is 20.1 Å². The Balaban J connectivity index is 1.34. The first-order valence-electron chi connectivity index (χ1n) is 10.8. The van der Waals surface area contributed by atoms with Gasteiger partial charge in [-0.15, -0.1) is 0 Å². The SMILES string of the molecule is COc1ccc(CNC(=O)C2CCN(S(=O)(=O)c3ccc4c(c3)NC(=O)C(C)O4)CC2)cc1. The highest BCUT2D eigenvalue weighted by Gasteiger charge is 2.33. The summed E-state index contributed by atoms with van der Waals surface area (Å²) in [5, 5.41) is 5.61. The fraction of sp³-hybridized carbons (Fsp3) is 0.391. The van der Waals surface area contributed by atoms with Crippen LogP contribution in [0.25, 0.3) is 0 Å². The molecule has 2 heterocycles. The number of ether oxygens (including phenoxy) is 2. The number of nitrogens with one attached hydrogen (secondary N) is 2. The number of nitrogens with zero attached hydrogens (tertiary/aromatic N) is 1. The molecule has 176 valence electrons. The minimum atomic E-state index is -3.75. The highest BCUT2D eigenvalue weighted by atomic mass is 32.2. The van der Waals surface area contributed by atoms with E-state index in [-0.39, 0.29) is 35.7 Å². The van der Waals surface area contributed by atoms with Crippen LogP contribution in [0.1, 0.15) is 25.3 Å². The van der Waals surface area contributed by atoms with E-state index in [2.05, 4.69) is 10.6 Å². The quantitative estimate of drug-likeness (QED) is 0.665. The maximum absolute atomic E-state index is 13.1. The minimum Gasteiger partial charge on any atom is -0.497 e. The number of benzene rings is 2. The number of fused-ring (bicyclic) bond motifs is 1. The maximum atomic E-state index is 13.1. The Kier molecular flexibility index (Phi) is 6.57. The van der Waals surface area contributed by atoms with E-state index in [1.165, 1.54) is 16.4 Å². The second-order valence-electron chi connectivity index (χ2n) is 8.15. The lowest BCUT2D eigenvalue weighted by Crippen LogP contribution is -2.43. The molecule has 0 aromatic heterocycles. The summed E-state index contributed by atoms with van der Waals surface area (Å²) < 4.78 is 38.2. The summed E-state index contributed by atoms with van der Waals surface area (Å²) in [7, 11) is -2.16. The van der Waals surface area contributed by atoms with Crippen LogP contribution in [0.15, 0.2) is 47.4 Å². The van der Waals surface area contributed by atoms with E-state index in [9.17, 15) is 18.0 Å². The summed E-state index contributed by atoms with van der Waals surface area (Å²) >= 11 is 0. The maximum Gasteiger partial charge on any atom is 0.265 e. The van der Waals surface area contributed by atoms with E-state index in [0.29, 0.717) is 30.8 Å². The molecule has 2 aromatic carbocycles. The second-order valence-corrected chi connectivity index (χ2v) is 10.1. The molecule has 1 unspecified atom stereocenters. The van der Waals surface area contributed by atoms with Crippen LogP contribution in [0.5, 0.6) is 11.5 Å². The molecule has 2 amide bonds. The summed E-state index contributed by atoms with van der Waals surface area (Å²) in [5.74, 6) is 0.548. The lowest BCUT2D eigenvalue weighted by molar-refractivity contribution is -0.126. The molecule has 1 atom stereocenters. The first kappa shape index (κ1) is 23.1. The van der Waals surface area contributed by atoms with Crippen molar-refractivity contribution in [3.05, 3.63) is 48.0 Å². The van der Waals surface area contributed by atoms with Crippen molar-refractivity contribution >= 4 is 27.5 Å². The number of hydrogen-bond donors (Lipinski definition) is 2. The van der Waals surface area contributed by atoms with Gasteiger partial charge in [0.1, 0.15) is 11.5 Å². The molecule has 0 bridgehead atoms. The fourth-order valence-corrected chi connectivity index (χ4v) is 5.43. The first-order valence-corrected chi connectivity index (χ1v) is 12.2. The molecule has 33 heavy (non-hydrogen) atoms. The Labute approximate surface area is 193 Å². The highest BCUT2D eigenvalue weighted by molar-refractivity contribution is 7.89. The second kappa shape index (κ2) is 9.40. The van der Waals surface area contributed by atoms with E-state index >= 15 is 0 Å². The van der Waals surface area contributed by atoms with E-state index in [0.717, 1.165) is 11.3 Å². The Morgan fingerprint density at radius 3 is 2.55 bits per heavy atom. The van der Waals surface area contributed by atoms with Crippen LogP contribution < -0.4 is 20.1 Å². The zero-order valence-corrected chi connectivity index (χ0v) is 19.4. The van der Waals surface area contributed by atoms with E-state index < -0.39 is 16.1 Å². The number of amides is 2. The van der Waals surface area contributed by atoms with Gasteiger partial charge in [-0.1, -0.05) is 12.1 Å². The molecule has 2 aliphatic rings. The van der Waals surface area contributed by atoms with Gasteiger partial charge in [-0.25, -0.2) is 8.42 Å². The van der Waals surface area contributed by atoms with Gasteiger partial charge in [-0.3, -0.25) is 9.59 Å². The van der Waals surface area contributed by atoms with Crippen molar-refractivity contribution < 1.29 is 27.5 Å². The van der Waals surface area contributed by atoms with E-state index in [4.69, 9.17) is 9.47 Å². The number of rotatable bonds is 6. The van der Waals surface area contributed by atoms with Crippen molar-refractivity contribution in [2.75, 3.05) is 25.5 Å². The van der Waals surface area contributed by atoms with Crippen LogP contribution in [0, 0.1) is 5.92 Å². The zero-order valence-electron chi connectivity index (χ0n) is 18.5. The molecular weight excluding hydrogens is 446 g/mol. The molecule has 2 aliphatic heterocycles. The lowest BCUT2D eigenvalue weighted by Gasteiger charge is -2.31. The standard InChI is InChI=1S/C23H27N3O6S/c1-15-22(27)25-20-13-19(7-8-21(20)32-15)33(29,30)26-11-9-17(10-12-26)23(28)24-14-16-3-5-18(31-2)6-4-16/h3-8,13,15,17H,9-12,14H2,1-2H3,(H,24,28)(H,25,27). The van der Waals surface area contributed by atoms with Crippen molar-refractivity contribution in [2.24, 2.45) is 5.92 Å². The molecule has 0 saturated carbocycles. The van der Waals surface area contributed by atoms with Gasteiger partial charge in [0.05, 0.1) is 17.7 Å². The van der Waals surface area contributed by atoms with Gasteiger partial charge < -0.3 is 20.1 Å². The van der Waals surface area contributed by atoms with Crippen molar-refractivity contribution in [3.8, 4) is 11.5 Å². The molecule has 2 N–H and O–H groups in total. The summed E-state index contributed by atoms with van der Waals surface area (Å²) in [6.45, 7) is 2.53. The third-order valence-corrected chi connectivity index (χ3v) is 7.86. The molecule has 0 spiro atoms. The van der Waals surface area contributed by atoms with Crippen LogP contribution >= 0.6 is 0 Å². The summed E-state index contributed by atoms with van der Waals surface area (Å²) in [5.41, 5.74) is 1.30. The summed E-state index contributed by atoms with van der Waals surface area (Å²) in [6, 6.07) is 11.9. The van der Waals surface area contributed by atoms with Gasteiger partial charge in [-0.2, -0.15) is 4.31 Å². The van der Waals surface area contributed by atoms with Crippen LogP contribution in [-0.2, 0) is 26.2 Å². The molecule has 10 heteroatoms. The Morgan fingerprint density at radius 1 is 1.18 bits per heavy atom. The summed E-state index contributed by atoms with van der Waals surface area (Å²) in [6.07, 6.45) is 0.251. The number of piperidine rings is 1. The smallest absolute Gasteiger partial charge is 0.265 e. The Hall–Kier alpha value is -3.11. The molecule has 9 nitrogen and oxygen atoms in total. The largest absolute Gasteiger partial charge is 0.497 e. The fourth-order valence-electron chi connectivity index (χ4n) is 3.93. The molecule has 1 saturated heterocycles. The number of anilines is 1. The number of carbonyl (C=O) groups is 2. The van der Waals surface area contributed by atoms with Crippen molar-refractivity contribution in [1.82, 2.24) is 9.62 Å². The predicted octanol–water partition coefficient (Wildman–Crippen LogP) is 2.13. The molecule has 0 radical (unpaired) electrons. The molecular formula is C23H27N3O6S. The van der Waals surface area contributed by atoms with Crippen LogP contribution in [-0.4, -0.2) is 50.8 Å². The highest BCUT2D eigenvalue weighted by Crippen LogP contribution is 2.33. The molecule has 2 aromatic rings. The first-order chi connectivity index (χ1) is 15.8. The zero-order chi connectivity index (χ0) is 23.6. The molecule has 1 fully saturated rings. The van der Waals surface area contributed by atoms with Crippen LogP contribution in [0.3, 0.4) is 0 Å². The normalized spacial score (nSPS) is 19.2. The number of carbonyl (C=O) groups excluding carboxylic acids is 2. The van der Waals surface area contributed by atoms with Gasteiger partial charge in [0.2, 0.25) is 15.9 Å². The number of sulfonamides is 1. The lowest BCUT2D eigenvalue weighted by atomic mass is 9.97. The molecule has 0 aliphatic carbocycles. The Bertz CT molecular complexity index is 1140. The Morgan fingerprint density at radius 2 is 1.88 bits per heavy atom. The van der Waals surface area contributed by atoms with Gasteiger partial charge in [0.25, 0.3) is 5.91 Å². The topological polar surface area (TPSA) is 114 Å². The average Bonchev–Trinajstić information content (AvgIpc) is 2.83. The third-order valence-electron chi connectivity index (χ3n) is 5.97.